The number of benzene rings is 2. The Labute approximate surface area is 154 Å². The number of carbonyl (C=O) groups excluding carboxylic acids is 2. The molecular weight excluding hydrogens is 328 g/mol. The SMILES string of the molecule is COc1ccc(C=C(NC(=O)c2ccccc2)C(=O)NC(C)(C)C)cc1. The third kappa shape index (κ3) is 5.77. The predicted octanol–water partition coefficient (Wildman–Crippen LogP) is 3.38. The van der Waals surface area contributed by atoms with Gasteiger partial charge in [0.2, 0.25) is 0 Å². The smallest absolute Gasteiger partial charge is 0.268 e. The van der Waals surface area contributed by atoms with Crippen LogP contribution in [0.3, 0.4) is 0 Å². The third-order valence-electron chi connectivity index (χ3n) is 3.44. The van der Waals surface area contributed by atoms with Gasteiger partial charge in [0.1, 0.15) is 11.4 Å². The molecule has 0 fully saturated rings. The molecule has 0 aliphatic heterocycles. The van der Waals surface area contributed by atoms with Gasteiger partial charge >= 0.3 is 0 Å². The van der Waals surface area contributed by atoms with E-state index in [2.05, 4.69) is 10.6 Å². The molecule has 5 nitrogen and oxygen atoms in total. The van der Waals surface area contributed by atoms with E-state index in [4.69, 9.17) is 4.74 Å². The first-order chi connectivity index (χ1) is 12.3. The van der Waals surface area contributed by atoms with Crippen LogP contribution in [-0.4, -0.2) is 24.5 Å². The minimum absolute atomic E-state index is 0.180. The molecule has 0 aliphatic rings. The van der Waals surface area contributed by atoms with Gasteiger partial charge in [0.25, 0.3) is 11.8 Å². The highest BCUT2D eigenvalue weighted by Gasteiger charge is 2.19. The summed E-state index contributed by atoms with van der Waals surface area (Å²) in [6, 6.07) is 16.0. The Morgan fingerprint density at radius 2 is 1.58 bits per heavy atom. The number of amides is 2. The molecule has 2 rings (SSSR count). The van der Waals surface area contributed by atoms with Gasteiger partial charge < -0.3 is 15.4 Å². The van der Waals surface area contributed by atoms with Crippen molar-refractivity contribution < 1.29 is 14.3 Å². The van der Waals surface area contributed by atoms with Crippen LogP contribution in [0.4, 0.5) is 0 Å². The molecule has 2 aromatic carbocycles. The number of carbonyl (C=O) groups is 2. The van der Waals surface area contributed by atoms with Crippen LogP contribution in [0, 0.1) is 0 Å². The van der Waals surface area contributed by atoms with E-state index in [0.29, 0.717) is 5.56 Å². The molecule has 2 N–H and O–H groups in total. The van der Waals surface area contributed by atoms with Crippen molar-refractivity contribution in [3.8, 4) is 5.75 Å². The molecule has 26 heavy (non-hydrogen) atoms. The normalized spacial score (nSPS) is 11.6. The van der Waals surface area contributed by atoms with E-state index in [9.17, 15) is 9.59 Å². The first-order valence-electron chi connectivity index (χ1n) is 8.33. The molecule has 0 radical (unpaired) electrons. The summed E-state index contributed by atoms with van der Waals surface area (Å²) in [4.78, 5) is 25.1. The average molecular weight is 352 g/mol. The number of nitrogens with one attached hydrogen (secondary N) is 2. The van der Waals surface area contributed by atoms with Crippen LogP contribution in [0.25, 0.3) is 6.08 Å². The molecule has 0 heterocycles. The average Bonchev–Trinajstić information content (AvgIpc) is 2.61. The quantitative estimate of drug-likeness (QED) is 0.811. The monoisotopic (exact) mass is 352 g/mol. The van der Waals surface area contributed by atoms with Gasteiger partial charge in [0.05, 0.1) is 7.11 Å². The maximum absolute atomic E-state index is 12.6. The zero-order valence-electron chi connectivity index (χ0n) is 15.5. The summed E-state index contributed by atoms with van der Waals surface area (Å²) in [6.45, 7) is 5.65. The van der Waals surface area contributed by atoms with Crippen molar-refractivity contribution in [3.05, 3.63) is 71.4 Å². The first kappa shape index (κ1) is 19.2. The van der Waals surface area contributed by atoms with Gasteiger partial charge in [-0.15, -0.1) is 0 Å². The van der Waals surface area contributed by atoms with Crippen LogP contribution in [0.5, 0.6) is 5.75 Å². The maximum atomic E-state index is 12.6. The van der Waals surface area contributed by atoms with Gasteiger partial charge in [-0.05, 0) is 56.7 Å². The van der Waals surface area contributed by atoms with Crippen molar-refractivity contribution in [3.63, 3.8) is 0 Å². The predicted molar refractivity (Wildman–Crippen MR) is 103 cm³/mol. The summed E-state index contributed by atoms with van der Waals surface area (Å²) < 4.78 is 5.14. The number of hydrogen-bond donors (Lipinski definition) is 2. The van der Waals surface area contributed by atoms with Crippen molar-refractivity contribution in [1.29, 1.82) is 0 Å². The lowest BCUT2D eigenvalue weighted by atomic mass is 10.1. The van der Waals surface area contributed by atoms with E-state index < -0.39 is 5.54 Å². The van der Waals surface area contributed by atoms with E-state index >= 15 is 0 Å². The van der Waals surface area contributed by atoms with E-state index in [1.165, 1.54) is 0 Å². The summed E-state index contributed by atoms with van der Waals surface area (Å²) in [5.74, 6) is 0.0307. The Balaban J connectivity index is 2.30. The van der Waals surface area contributed by atoms with Crippen LogP contribution >= 0.6 is 0 Å². The summed E-state index contributed by atoms with van der Waals surface area (Å²) >= 11 is 0. The lowest BCUT2D eigenvalue weighted by molar-refractivity contribution is -0.119. The van der Waals surface area contributed by atoms with Gasteiger partial charge in [-0.25, -0.2) is 0 Å². The van der Waals surface area contributed by atoms with E-state index in [1.807, 2.05) is 39.0 Å². The van der Waals surface area contributed by atoms with E-state index in [0.717, 1.165) is 11.3 Å². The lowest BCUT2D eigenvalue weighted by Crippen LogP contribution is -2.44. The number of methoxy groups -OCH3 is 1. The second-order valence-electron chi connectivity index (χ2n) is 6.86. The van der Waals surface area contributed by atoms with Crippen LogP contribution in [-0.2, 0) is 4.79 Å². The molecular formula is C21H24N2O3. The second kappa shape index (κ2) is 8.34. The molecule has 5 heteroatoms. The van der Waals surface area contributed by atoms with Crippen molar-refractivity contribution in [2.45, 2.75) is 26.3 Å². The molecule has 0 saturated carbocycles. The molecule has 0 aromatic heterocycles. The van der Waals surface area contributed by atoms with Crippen LogP contribution < -0.4 is 15.4 Å². The topological polar surface area (TPSA) is 67.4 Å². The fourth-order valence-corrected chi connectivity index (χ4v) is 2.22. The van der Waals surface area contributed by atoms with Crippen molar-refractivity contribution >= 4 is 17.9 Å². The highest BCUT2D eigenvalue weighted by atomic mass is 16.5. The molecule has 0 spiro atoms. The Hall–Kier alpha value is -3.08. The van der Waals surface area contributed by atoms with E-state index in [1.54, 1.807) is 49.6 Å². The molecule has 0 saturated heterocycles. The van der Waals surface area contributed by atoms with Crippen LogP contribution in [0.1, 0.15) is 36.7 Å². The molecule has 0 atom stereocenters. The minimum Gasteiger partial charge on any atom is -0.497 e. The van der Waals surface area contributed by atoms with Crippen molar-refractivity contribution in [1.82, 2.24) is 10.6 Å². The van der Waals surface area contributed by atoms with Gasteiger partial charge in [-0.3, -0.25) is 9.59 Å². The highest BCUT2D eigenvalue weighted by Crippen LogP contribution is 2.14. The zero-order valence-corrected chi connectivity index (χ0v) is 15.5. The lowest BCUT2D eigenvalue weighted by Gasteiger charge is -2.22. The highest BCUT2D eigenvalue weighted by molar-refractivity contribution is 6.05. The molecule has 2 aromatic rings. The zero-order chi connectivity index (χ0) is 19.2. The molecule has 0 bridgehead atoms. The van der Waals surface area contributed by atoms with Crippen LogP contribution in [0.2, 0.25) is 0 Å². The molecule has 0 unspecified atom stereocenters. The third-order valence-corrected chi connectivity index (χ3v) is 3.44. The van der Waals surface area contributed by atoms with Gasteiger partial charge in [0, 0.05) is 11.1 Å². The fourth-order valence-electron chi connectivity index (χ4n) is 2.22. The van der Waals surface area contributed by atoms with E-state index in [-0.39, 0.29) is 17.5 Å². The Morgan fingerprint density at radius 1 is 0.962 bits per heavy atom. The second-order valence-corrected chi connectivity index (χ2v) is 6.86. The number of rotatable bonds is 5. The summed E-state index contributed by atoms with van der Waals surface area (Å²) in [5.41, 5.74) is 1.02. The van der Waals surface area contributed by atoms with Gasteiger partial charge in [-0.1, -0.05) is 30.3 Å². The summed E-state index contributed by atoms with van der Waals surface area (Å²) in [5, 5.41) is 5.58. The number of ether oxygens (including phenoxy) is 1. The van der Waals surface area contributed by atoms with Gasteiger partial charge in [-0.2, -0.15) is 0 Å². The first-order valence-corrected chi connectivity index (χ1v) is 8.33. The van der Waals surface area contributed by atoms with Gasteiger partial charge in [0.15, 0.2) is 0 Å². The van der Waals surface area contributed by atoms with Crippen LogP contribution in [0.15, 0.2) is 60.3 Å². The largest absolute Gasteiger partial charge is 0.497 e. The fraction of sp³-hybridized carbons (Fsp3) is 0.238. The summed E-state index contributed by atoms with van der Waals surface area (Å²) in [6.07, 6.45) is 1.64. The Bertz CT molecular complexity index is 788. The molecule has 0 aliphatic carbocycles. The summed E-state index contributed by atoms with van der Waals surface area (Å²) in [7, 11) is 1.59. The standard InChI is InChI=1S/C21H24N2O3/c1-21(2,3)23-20(25)18(14-15-10-12-17(26-4)13-11-15)22-19(24)16-8-6-5-7-9-16/h5-14H,1-4H3,(H,22,24)(H,23,25). The van der Waals surface area contributed by atoms with Crippen molar-refractivity contribution in [2.24, 2.45) is 0 Å². The number of hydrogen-bond acceptors (Lipinski definition) is 3. The maximum Gasteiger partial charge on any atom is 0.268 e. The minimum atomic E-state index is -0.423. The molecule has 2 amide bonds. The Morgan fingerprint density at radius 3 is 2.12 bits per heavy atom. The Kier molecular flexibility index (Phi) is 6.17. The molecule has 136 valence electrons. The van der Waals surface area contributed by atoms with Crippen molar-refractivity contribution in [2.75, 3.05) is 7.11 Å².